The third-order valence-electron chi connectivity index (χ3n) is 2.70. The largest absolute Gasteiger partial charge is 0.384 e. The Morgan fingerprint density at radius 3 is 2.64 bits per heavy atom. The molecule has 0 saturated heterocycles. The van der Waals surface area contributed by atoms with Gasteiger partial charge in [-0.05, 0) is 49.0 Å². The van der Waals surface area contributed by atoms with Gasteiger partial charge in [0, 0.05) is 12.4 Å². The summed E-state index contributed by atoms with van der Waals surface area (Å²) < 4.78 is 0. The van der Waals surface area contributed by atoms with Gasteiger partial charge in [-0.2, -0.15) is 0 Å². The summed E-state index contributed by atoms with van der Waals surface area (Å²) in [5, 5.41) is 10.0. The Labute approximate surface area is 84.3 Å². The summed E-state index contributed by atoms with van der Waals surface area (Å²) in [4.78, 5) is 3.94. The fourth-order valence-corrected chi connectivity index (χ4v) is 1.87. The molecular weight excluding hydrogens is 174 g/mol. The number of rotatable bonds is 2. The molecule has 0 saturated carbocycles. The van der Waals surface area contributed by atoms with E-state index in [0.717, 1.165) is 18.4 Å². The van der Waals surface area contributed by atoms with Crippen molar-refractivity contribution in [1.29, 1.82) is 0 Å². The number of aromatic nitrogens is 1. The zero-order chi connectivity index (χ0) is 9.80. The molecule has 1 unspecified atom stereocenters. The van der Waals surface area contributed by atoms with Crippen LogP contribution in [0, 0.1) is 0 Å². The quantitative estimate of drug-likeness (QED) is 0.725. The maximum absolute atomic E-state index is 10.0. The van der Waals surface area contributed by atoms with Crippen LogP contribution in [0.25, 0.3) is 0 Å². The van der Waals surface area contributed by atoms with E-state index in [1.54, 1.807) is 12.4 Å². The minimum absolute atomic E-state index is 0.418. The van der Waals surface area contributed by atoms with E-state index in [-0.39, 0.29) is 0 Å². The molecule has 1 heterocycles. The van der Waals surface area contributed by atoms with Crippen molar-refractivity contribution in [2.45, 2.75) is 31.8 Å². The normalized spacial score (nSPS) is 18.8. The van der Waals surface area contributed by atoms with Gasteiger partial charge in [-0.1, -0.05) is 6.08 Å². The number of aliphatic hydroxyl groups excluding tert-OH is 1. The Hall–Kier alpha value is -1.15. The average molecular weight is 189 g/mol. The topological polar surface area (TPSA) is 33.1 Å². The third-order valence-corrected chi connectivity index (χ3v) is 2.70. The fraction of sp³-hybridized carbons (Fsp3) is 0.417. The van der Waals surface area contributed by atoms with Crippen LogP contribution >= 0.6 is 0 Å². The summed E-state index contributed by atoms with van der Waals surface area (Å²) in [5.74, 6) is 0. The molecule has 1 aliphatic carbocycles. The highest BCUT2D eigenvalue weighted by molar-refractivity contribution is 5.24. The van der Waals surface area contributed by atoms with E-state index in [1.165, 1.54) is 18.4 Å². The molecule has 0 spiro atoms. The van der Waals surface area contributed by atoms with E-state index in [0.29, 0.717) is 0 Å². The Bertz CT molecular complexity index is 318. The smallest absolute Gasteiger partial charge is 0.100 e. The Morgan fingerprint density at radius 2 is 2.00 bits per heavy atom. The average Bonchev–Trinajstić information content (AvgIpc) is 2.30. The molecule has 0 aromatic carbocycles. The Kier molecular flexibility index (Phi) is 2.94. The van der Waals surface area contributed by atoms with Gasteiger partial charge in [-0.3, -0.25) is 4.98 Å². The minimum atomic E-state index is -0.418. The first-order valence-corrected chi connectivity index (χ1v) is 5.15. The van der Waals surface area contributed by atoms with Crippen molar-refractivity contribution < 1.29 is 5.11 Å². The Morgan fingerprint density at radius 1 is 1.21 bits per heavy atom. The zero-order valence-electron chi connectivity index (χ0n) is 8.19. The van der Waals surface area contributed by atoms with Crippen molar-refractivity contribution in [3.05, 3.63) is 41.7 Å². The van der Waals surface area contributed by atoms with Gasteiger partial charge in [0.1, 0.15) is 6.10 Å². The molecule has 0 amide bonds. The maximum atomic E-state index is 10.0. The molecule has 1 N–H and O–H groups in total. The summed E-state index contributed by atoms with van der Waals surface area (Å²) in [6.45, 7) is 0. The van der Waals surface area contributed by atoms with Crippen molar-refractivity contribution in [1.82, 2.24) is 4.98 Å². The molecule has 1 aromatic heterocycles. The van der Waals surface area contributed by atoms with Crippen LogP contribution in [0.1, 0.15) is 37.4 Å². The summed E-state index contributed by atoms with van der Waals surface area (Å²) in [6.07, 6.45) is 9.80. The van der Waals surface area contributed by atoms with E-state index in [4.69, 9.17) is 0 Å². The van der Waals surface area contributed by atoms with Gasteiger partial charge in [0.15, 0.2) is 0 Å². The lowest BCUT2D eigenvalue weighted by molar-refractivity contribution is 0.208. The lowest BCUT2D eigenvalue weighted by Crippen LogP contribution is -2.04. The van der Waals surface area contributed by atoms with Crippen LogP contribution in [0.15, 0.2) is 36.2 Å². The van der Waals surface area contributed by atoms with Gasteiger partial charge in [-0.15, -0.1) is 0 Å². The van der Waals surface area contributed by atoms with E-state index in [9.17, 15) is 5.11 Å². The first-order valence-electron chi connectivity index (χ1n) is 5.15. The van der Waals surface area contributed by atoms with Crippen LogP contribution in [0.5, 0.6) is 0 Å². The highest BCUT2D eigenvalue weighted by Crippen LogP contribution is 2.28. The van der Waals surface area contributed by atoms with Gasteiger partial charge in [-0.25, -0.2) is 0 Å². The molecule has 1 atom stereocenters. The molecule has 0 bridgehead atoms. The molecule has 1 aromatic rings. The highest BCUT2D eigenvalue weighted by atomic mass is 16.3. The number of aliphatic hydroxyl groups is 1. The van der Waals surface area contributed by atoms with Crippen LogP contribution in [0.2, 0.25) is 0 Å². The number of hydrogen-bond acceptors (Lipinski definition) is 2. The van der Waals surface area contributed by atoms with Crippen molar-refractivity contribution in [3.63, 3.8) is 0 Å². The molecule has 0 aliphatic heterocycles. The van der Waals surface area contributed by atoms with E-state index in [1.807, 2.05) is 12.1 Å². The van der Waals surface area contributed by atoms with Crippen molar-refractivity contribution in [2.75, 3.05) is 0 Å². The summed E-state index contributed by atoms with van der Waals surface area (Å²) in [5.41, 5.74) is 2.12. The molecule has 1 aliphatic rings. The van der Waals surface area contributed by atoms with Crippen molar-refractivity contribution in [3.8, 4) is 0 Å². The molecular formula is C12H15NO. The van der Waals surface area contributed by atoms with E-state index < -0.39 is 6.10 Å². The number of nitrogens with zero attached hydrogens (tertiary/aromatic N) is 1. The predicted octanol–water partition coefficient (Wildman–Crippen LogP) is 2.62. The first kappa shape index (κ1) is 9.41. The van der Waals surface area contributed by atoms with Gasteiger partial charge in [0.05, 0.1) is 0 Å². The van der Waals surface area contributed by atoms with Crippen molar-refractivity contribution >= 4 is 0 Å². The molecule has 2 rings (SSSR count). The lowest BCUT2D eigenvalue weighted by Gasteiger charge is -2.18. The summed E-state index contributed by atoms with van der Waals surface area (Å²) in [7, 11) is 0. The summed E-state index contributed by atoms with van der Waals surface area (Å²) >= 11 is 0. The number of allylic oxidation sites excluding steroid dienone is 1. The van der Waals surface area contributed by atoms with Crippen LogP contribution in [-0.4, -0.2) is 10.1 Å². The predicted molar refractivity (Wildman–Crippen MR) is 55.7 cm³/mol. The second kappa shape index (κ2) is 4.38. The van der Waals surface area contributed by atoms with Gasteiger partial charge >= 0.3 is 0 Å². The second-order valence-electron chi connectivity index (χ2n) is 3.71. The second-order valence-corrected chi connectivity index (χ2v) is 3.71. The summed E-state index contributed by atoms with van der Waals surface area (Å²) in [6, 6.07) is 3.75. The zero-order valence-corrected chi connectivity index (χ0v) is 8.19. The number of hydrogen-bond donors (Lipinski definition) is 1. The van der Waals surface area contributed by atoms with Crippen LogP contribution in [-0.2, 0) is 0 Å². The lowest BCUT2D eigenvalue weighted by atomic mass is 9.92. The van der Waals surface area contributed by atoms with Gasteiger partial charge < -0.3 is 5.11 Å². The first-order chi connectivity index (χ1) is 6.88. The fourth-order valence-electron chi connectivity index (χ4n) is 1.87. The molecule has 0 fully saturated rings. The third kappa shape index (κ3) is 2.02. The SMILES string of the molecule is OC(C1=CCCCC1)c1ccncc1. The highest BCUT2D eigenvalue weighted by Gasteiger charge is 2.14. The Balaban J connectivity index is 2.15. The van der Waals surface area contributed by atoms with Crippen LogP contribution < -0.4 is 0 Å². The van der Waals surface area contributed by atoms with Crippen LogP contribution in [0.4, 0.5) is 0 Å². The van der Waals surface area contributed by atoms with Crippen molar-refractivity contribution in [2.24, 2.45) is 0 Å². The minimum Gasteiger partial charge on any atom is -0.384 e. The molecule has 2 nitrogen and oxygen atoms in total. The van der Waals surface area contributed by atoms with E-state index in [2.05, 4.69) is 11.1 Å². The monoisotopic (exact) mass is 189 g/mol. The maximum Gasteiger partial charge on any atom is 0.100 e. The van der Waals surface area contributed by atoms with Gasteiger partial charge in [0.25, 0.3) is 0 Å². The van der Waals surface area contributed by atoms with E-state index >= 15 is 0 Å². The standard InChI is InChI=1S/C12H15NO/c14-12(10-4-2-1-3-5-10)11-6-8-13-9-7-11/h4,6-9,12,14H,1-3,5H2. The number of pyridine rings is 1. The molecule has 74 valence electrons. The van der Waals surface area contributed by atoms with Gasteiger partial charge in [0.2, 0.25) is 0 Å². The van der Waals surface area contributed by atoms with Crippen LogP contribution in [0.3, 0.4) is 0 Å². The molecule has 14 heavy (non-hydrogen) atoms. The molecule has 0 radical (unpaired) electrons. The molecule has 2 heteroatoms.